The lowest BCUT2D eigenvalue weighted by molar-refractivity contribution is -0.384. The van der Waals surface area contributed by atoms with Crippen molar-refractivity contribution in [1.29, 1.82) is 0 Å². The first-order chi connectivity index (χ1) is 15.3. The molecule has 0 spiro atoms. The quantitative estimate of drug-likeness (QED) is 0.408. The Bertz CT molecular complexity index is 1110. The third kappa shape index (κ3) is 6.24. The largest absolute Gasteiger partial charge is 0.441 e. The highest BCUT2D eigenvalue weighted by atomic mass is 16.6. The number of rotatable bonds is 8. The van der Waals surface area contributed by atoms with Crippen molar-refractivity contribution in [2.75, 3.05) is 0 Å². The zero-order chi connectivity index (χ0) is 23.1. The summed E-state index contributed by atoms with van der Waals surface area (Å²) in [6.07, 6.45) is 2.93. The van der Waals surface area contributed by atoms with Gasteiger partial charge in [0.05, 0.1) is 11.1 Å². The van der Waals surface area contributed by atoms with E-state index in [4.69, 9.17) is 4.42 Å². The molecule has 0 aliphatic rings. The van der Waals surface area contributed by atoms with Gasteiger partial charge in [-0.05, 0) is 24.0 Å². The zero-order valence-corrected chi connectivity index (χ0v) is 17.8. The van der Waals surface area contributed by atoms with Gasteiger partial charge in [-0.15, -0.1) is 0 Å². The van der Waals surface area contributed by atoms with Crippen LogP contribution in [0.5, 0.6) is 0 Å². The molecule has 9 heteroatoms. The molecular formula is C23H24N4O5. The lowest BCUT2D eigenvalue weighted by Crippen LogP contribution is -2.41. The number of benzene rings is 2. The van der Waals surface area contributed by atoms with Gasteiger partial charge >= 0.3 is 0 Å². The number of amides is 2. The van der Waals surface area contributed by atoms with Gasteiger partial charge in [-0.2, -0.15) is 0 Å². The number of hydrogen-bond donors (Lipinski definition) is 2. The molecule has 0 saturated heterocycles. The average Bonchev–Trinajstić information content (AvgIpc) is 3.25. The molecule has 32 heavy (non-hydrogen) atoms. The SMILES string of the molecule is CC(C)Cc1ccc(-c2cnc(CCC(=O)NNC(=O)c3cccc([N+](=O)[O-])c3)o2)cc1. The number of nitrogens with zero attached hydrogens (tertiary/aromatic N) is 2. The zero-order valence-electron chi connectivity index (χ0n) is 17.8. The summed E-state index contributed by atoms with van der Waals surface area (Å²) < 4.78 is 5.73. The topological polar surface area (TPSA) is 127 Å². The normalized spacial score (nSPS) is 10.7. The summed E-state index contributed by atoms with van der Waals surface area (Å²) in [6, 6.07) is 13.3. The molecule has 0 aliphatic heterocycles. The predicted octanol–water partition coefficient (Wildman–Crippen LogP) is 3.84. The van der Waals surface area contributed by atoms with E-state index in [1.807, 2.05) is 12.1 Å². The van der Waals surface area contributed by atoms with Crippen LogP contribution in [0, 0.1) is 16.0 Å². The van der Waals surface area contributed by atoms with Crippen molar-refractivity contribution >= 4 is 17.5 Å². The molecule has 1 aromatic heterocycles. The van der Waals surface area contributed by atoms with Crippen molar-refractivity contribution in [3.05, 3.63) is 81.9 Å². The Morgan fingerprint density at radius 2 is 1.88 bits per heavy atom. The first-order valence-electron chi connectivity index (χ1n) is 10.2. The first-order valence-corrected chi connectivity index (χ1v) is 10.2. The minimum absolute atomic E-state index is 0.0441. The van der Waals surface area contributed by atoms with Gasteiger partial charge in [-0.25, -0.2) is 4.98 Å². The van der Waals surface area contributed by atoms with E-state index in [1.165, 1.54) is 23.8 Å². The molecule has 3 rings (SSSR count). The van der Waals surface area contributed by atoms with Gasteiger partial charge in [0.25, 0.3) is 11.6 Å². The highest BCUT2D eigenvalue weighted by Crippen LogP contribution is 2.22. The molecule has 166 valence electrons. The maximum atomic E-state index is 12.1. The molecule has 1 heterocycles. The van der Waals surface area contributed by atoms with E-state index in [0.717, 1.165) is 18.1 Å². The molecule has 0 unspecified atom stereocenters. The van der Waals surface area contributed by atoms with Gasteiger partial charge < -0.3 is 4.42 Å². The number of hydrazine groups is 1. The Morgan fingerprint density at radius 3 is 2.56 bits per heavy atom. The van der Waals surface area contributed by atoms with Crippen molar-refractivity contribution in [1.82, 2.24) is 15.8 Å². The summed E-state index contributed by atoms with van der Waals surface area (Å²) >= 11 is 0. The number of nitrogens with one attached hydrogen (secondary N) is 2. The van der Waals surface area contributed by atoms with Crippen LogP contribution < -0.4 is 10.9 Å². The molecule has 0 aliphatic carbocycles. The number of non-ortho nitro benzene ring substituents is 1. The highest BCUT2D eigenvalue weighted by Gasteiger charge is 2.13. The van der Waals surface area contributed by atoms with E-state index in [2.05, 4.69) is 41.8 Å². The lowest BCUT2D eigenvalue weighted by Gasteiger charge is -2.06. The second kappa shape index (κ2) is 10.3. The predicted molar refractivity (Wildman–Crippen MR) is 118 cm³/mol. The van der Waals surface area contributed by atoms with Crippen LogP contribution in [-0.4, -0.2) is 21.7 Å². The van der Waals surface area contributed by atoms with Gasteiger partial charge in [-0.1, -0.05) is 44.2 Å². The van der Waals surface area contributed by atoms with E-state index in [9.17, 15) is 19.7 Å². The smallest absolute Gasteiger partial charge is 0.270 e. The number of nitro groups is 1. The molecule has 2 amide bonds. The minimum Gasteiger partial charge on any atom is -0.441 e. The van der Waals surface area contributed by atoms with E-state index in [-0.39, 0.29) is 24.1 Å². The van der Waals surface area contributed by atoms with Crippen LogP contribution in [0.1, 0.15) is 42.1 Å². The molecule has 9 nitrogen and oxygen atoms in total. The third-order valence-electron chi connectivity index (χ3n) is 4.64. The third-order valence-corrected chi connectivity index (χ3v) is 4.64. The molecule has 0 fully saturated rings. The maximum absolute atomic E-state index is 12.1. The fraction of sp³-hybridized carbons (Fsp3) is 0.261. The highest BCUT2D eigenvalue weighted by molar-refractivity contribution is 5.95. The fourth-order valence-electron chi connectivity index (χ4n) is 3.08. The summed E-state index contributed by atoms with van der Waals surface area (Å²) in [7, 11) is 0. The molecular weight excluding hydrogens is 412 g/mol. The van der Waals surface area contributed by atoms with Crippen LogP contribution in [-0.2, 0) is 17.6 Å². The van der Waals surface area contributed by atoms with Gasteiger partial charge in [0, 0.05) is 36.1 Å². The lowest BCUT2D eigenvalue weighted by atomic mass is 10.0. The second-order valence-electron chi connectivity index (χ2n) is 7.72. The van der Waals surface area contributed by atoms with Crippen molar-refractivity contribution in [3.8, 4) is 11.3 Å². The summed E-state index contributed by atoms with van der Waals surface area (Å²) in [5.41, 5.74) is 6.54. The molecule has 0 radical (unpaired) electrons. The van der Waals surface area contributed by atoms with Gasteiger partial charge in [-0.3, -0.25) is 30.6 Å². The van der Waals surface area contributed by atoms with Crippen molar-refractivity contribution in [3.63, 3.8) is 0 Å². The molecule has 0 bridgehead atoms. The maximum Gasteiger partial charge on any atom is 0.270 e. The van der Waals surface area contributed by atoms with E-state index in [0.29, 0.717) is 17.6 Å². The Labute approximate surface area is 185 Å². The van der Waals surface area contributed by atoms with Gasteiger partial charge in [0.15, 0.2) is 11.7 Å². The Balaban J connectivity index is 1.48. The molecule has 3 aromatic rings. The van der Waals surface area contributed by atoms with Crippen molar-refractivity contribution in [2.45, 2.75) is 33.1 Å². The number of carbonyl (C=O) groups is 2. The summed E-state index contributed by atoms with van der Waals surface area (Å²) in [4.78, 5) is 38.5. The molecule has 0 atom stereocenters. The van der Waals surface area contributed by atoms with Crippen LogP contribution in [0.3, 0.4) is 0 Å². The van der Waals surface area contributed by atoms with E-state index < -0.39 is 16.7 Å². The number of nitro benzene ring substituents is 1. The van der Waals surface area contributed by atoms with Crippen molar-refractivity contribution < 1.29 is 18.9 Å². The van der Waals surface area contributed by atoms with Crippen LogP contribution in [0.25, 0.3) is 11.3 Å². The average molecular weight is 436 g/mol. The Hall–Kier alpha value is -4.01. The Kier molecular flexibility index (Phi) is 7.33. The monoisotopic (exact) mass is 436 g/mol. The Morgan fingerprint density at radius 1 is 1.12 bits per heavy atom. The molecule has 2 aromatic carbocycles. The number of oxazole rings is 1. The van der Waals surface area contributed by atoms with Gasteiger partial charge in [0.1, 0.15) is 0 Å². The van der Waals surface area contributed by atoms with E-state index >= 15 is 0 Å². The van der Waals surface area contributed by atoms with Crippen LogP contribution in [0.2, 0.25) is 0 Å². The minimum atomic E-state index is -0.652. The summed E-state index contributed by atoms with van der Waals surface area (Å²) in [6.45, 7) is 4.35. The van der Waals surface area contributed by atoms with Crippen LogP contribution >= 0.6 is 0 Å². The van der Waals surface area contributed by atoms with Crippen molar-refractivity contribution in [2.24, 2.45) is 5.92 Å². The fourth-order valence-corrected chi connectivity index (χ4v) is 3.08. The molecule has 0 saturated carbocycles. The molecule has 2 N–H and O–H groups in total. The van der Waals surface area contributed by atoms with Crippen LogP contribution in [0.15, 0.2) is 59.1 Å². The number of carbonyl (C=O) groups excluding carboxylic acids is 2. The number of aryl methyl sites for hydroxylation is 1. The van der Waals surface area contributed by atoms with Crippen LogP contribution in [0.4, 0.5) is 5.69 Å². The second-order valence-corrected chi connectivity index (χ2v) is 7.72. The summed E-state index contributed by atoms with van der Waals surface area (Å²) in [5.74, 6) is 0.518. The number of hydrogen-bond acceptors (Lipinski definition) is 6. The first kappa shape index (κ1) is 22.7. The van der Waals surface area contributed by atoms with E-state index in [1.54, 1.807) is 6.20 Å². The standard InChI is InChI=1S/C23H24N4O5/c1-15(2)12-16-6-8-17(9-7-16)20-14-24-22(32-20)11-10-21(28)25-26-23(29)18-4-3-5-19(13-18)27(30)31/h3-9,13-15H,10-12H2,1-2H3,(H,25,28)(H,26,29). The summed E-state index contributed by atoms with van der Waals surface area (Å²) in [5, 5.41) is 10.8. The number of aromatic nitrogens is 1. The van der Waals surface area contributed by atoms with Gasteiger partial charge in [0.2, 0.25) is 5.91 Å².